The highest BCUT2D eigenvalue weighted by Gasteiger charge is 2.25. The normalized spacial score (nSPS) is 18.7. The summed E-state index contributed by atoms with van der Waals surface area (Å²) < 4.78 is 13.6. The number of ether oxygens (including phenoxy) is 2. The number of morpholine rings is 1. The third kappa shape index (κ3) is 6.58. The summed E-state index contributed by atoms with van der Waals surface area (Å²) in [6.07, 6.45) is 3.92. The Morgan fingerprint density at radius 2 is 2.21 bits per heavy atom. The van der Waals surface area contributed by atoms with E-state index in [0.717, 1.165) is 37.7 Å². The number of benzene rings is 1. The first kappa shape index (κ1) is 21.3. The topological polar surface area (TPSA) is 63.9 Å². The monoisotopic (exact) mass is 399 g/mol. The standard InChI is InChI=1S/C22H33N5O2/c1-4-23-22(24-12-18(2)16-28-17-19-8-6-5-7-9-19)27-10-11-29-21(15-27)20-13-25-26(3)14-20/h5-9,13-14,18,21H,4,10-12,15-17H2,1-3H3,(H,23,24). The number of aryl methyl sites for hydroxylation is 1. The molecule has 1 saturated heterocycles. The van der Waals surface area contributed by atoms with Gasteiger partial charge in [-0.3, -0.25) is 9.67 Å². The molecule has 0 bridgehead atoms. The van der Waals surface area contributed by atoms with E-state index in [-0.39, 0.29) is 6.10 Å². The van der Waals surface area contributed by atoms with E-state index in [9.17, 15) is 0 Å². The number of nitrogens with one attached hydrogen (secondary N) is 1. The Morgan fingerprint density at radius 1 is 1.38 bits per heavy atom. The SMILES string of the molecule is CCNC(=NCC(C)COCc1ccccc1)N1CCOC(c2cnn(C)c2)C1. The Bertz CT molecular complexity index is 762. The molecule has 1 aromatic heterocycles. The third-order valence-corrected chi connectivity index (χ3v) is 4.86. The second-order valence-corrected chi connectivity index (χ2v) is 7.55. The van der Waals surface area contributed by atoms with E-state index in [1.807, 2.05) is 42.3 Å². The van der Waals surface area contributed by atoms with Crippen LogP contribution in [-0.2, 0) is 23.1 Å². The molecule has 7 heteroatoms. The van der Waals surface area contributed by atoms with Crippen LogP contribution in [0.4, 0.5) is 0 Å². The van der Waals surface area contributed by atoms with Crippen molar-refractivity contribution in [2.45, 2.75) is 26.6 Å². The molecule has 2 heterocycles. The number of aromatic nitrogens is 2. The van der Waals surface area contributed by atoms with Crippen molar-refractivity contribution >= 4 is 5.96 Å². The van der Waals surface area contributed by atoms with E-state index in [2.05, 4.69) is 41.3 Å². The van der Waals surface area contributed by atoms with Crippen LogP contribution < -0.4 is 5.32 Å². The Balaban J connectivity index is 1.51. The molecule has 2 aromatic rings. The average Bonchev–Trinajstić information content (AvgIpc) is 3.18. The highest BCUT2D eigenvalue weighted by atomic mass is 16.5. The van der Waals surface area contributed by atoms with Crippen molar-refractivity contribution in [1.29, 1.82) is 0 Å². The molecule has 1 fully saturated rings. The first-order chi connectivity index (χ1) is 14.2. The van der Waals surface area contributed by atoms with Crippen LogP contribution in [0, 0.1) is 5.92 Å². The molecule has 0 amide bonds. The summed E-state index contributed by atoms with van der Waals surface area (Å²) >= 11 is 0. The average molecular weight is 400 g/mol. The first-order valence-corrected chi connectivity index (χ1v) is 10.4. The fourth-order valence-corrected chi connectivity index (χ4v) is 3.32. The number of hydrogen-bond acceptors (Lipinski definition) is 4. The lowest BCUT2D eigenvalue weighted by Crippen LogP contribution is -2.48. The zero-order chi connectivity index (χ0) is 20.5. The highest BCUT2D eigenvalue weighted by Crippen LogP contribution is 2.21. The molecule has 158 valence electrons. The van der Waals surface area contributed by atoms with E-state index in [4.69, 9.17) is 14.5 Å². The Hall–Kier alpha value is -2.38. The van der Waals surface area contributed by atoms with Gasteiger partial charge in [0.25, 0.3) is 0 Å². The number of rotatable bonds is 8. The summed E-state index contributed by atoms with van der Waals surface area (Å²) in [5, 5.41) is 7.69. The molecule has 29 heavy (non-hydrogen) atoms. The number of guanidine groups is 1. The second-order valence-electron chi connectivity index (χ2n) is 7.55. The molecule has 2 atom stereocenters. The van der Waals surface area contributed by atoms with Gasteiger partial charge < -0.3 is 19.7 Å². The number of nitrogens with zero attached hydrogens (tertiary/aromatic N) is 4. The van der Waals surface area contributed by atoms with E-state index >= 15 is 0 Å². The summed E-state index contributed by atoms with van der Waals surface area (Å²) in [6, 6.07) is 10.3. The van der Waals surface area contributed by atoms with Gasteiger partial charge in [-0.15, -0.1) is 0 Å². The van der Waals surface area contributed by atoms with Crippen molar-refractivity contribution in [3.63, 3.8) is 0 Å². The van der Waals surface area contributed by atoms with Crippen molar-refractivity contribution in [2.24, 2.45) is 18.0 Å². The molecule has 1 N–H and O–H groups in total. The molecular formula is C22H33N5O2. The summed E-state index contributed by atoms with van der Waals surface area (Å²) in [6.45, 7) is 9.47. The fraction of sp³-hybridized carbons (Fsp3) is 0.545. The minimum absolute atomic E-state index is 0.0212. The maximum absolute atomic E-state index is 5.96. The van der Waals surface area contributed by atoms with E-state index < -0.39 is 0 Å². The number of aliphatic imine (C=N–C) groups is 1. The zero-order valence-electron chi connectivity index (χ0n) is 17.8. The molecule has 7 nitrogen and oxygen atoms in total. The minimum Gasteiger partial charge on any atom is -0.376 e. The Labute approximate surface area is 173 Å². The van der Waals surface area contributed by atoms with Gasteiger partial charge in [0.05, 0.1) is 32.6 Å². The predicted molar refractivity (Wildman–Crippen MR) is 115 cm³/mol. The Kier molecular flexibility index (Phi) is 8.07. The lowest BCUT2D eigenvalue weighted by molar-refractivity contribution is -0.00809. The molecule has 1 aliphatic rings. The smallest absolute Gasteiger partial charge is 0.194 e. The molecular weight excluding hydrogens is 366 g/mol. The van der Waals surface area contributed by atoms with Gasteiger partial charge in [-0.05, 0) is 18.4 Å². The Morgan fingerprint density at radius 3 is 2.93 bits per heavy atom. The molecule has 0 radical (unpaired) electrons. The summed E-state index contributed by atoms with van der Waals surface area (Å²) in [5.41, 5.74) is 2.31. The van der Waals surface area contributed by atoms with Crippen LogP contribution in [0.3, 0.4) is 0 Å². The summed E-state index contributed by atoms with van der Waals surface area (Å²) in [7, 11) is 1.93. The van der Waals surface area contributed by atoms with E-state index in [0.29, 0.717) is 25.7 Å². The molecule has 1 aliphatic heterocycles. The predicted octanol–water partition coefficient (Wildman–Crippen LogP) is 2.61. The zero-order valence-corrected chi connectivity index (χ0v) is 17.8. The van der Waals surface area contributed by atoms with Crippen molar-refractivity contribution in [2.75, 3.05) is 39.4 Å². The minimum atomic E-state index is 0.0212. The van der Waals surface area contributed by atoms with Crippen LogP contribution in [0.25, 0.3) is 0 Å². The second kappa shape index (κ2) is 11.0. The van der Waals surface area contributed by atoms with E-state index in [1.165, 1.54) is 5.56 Å². The molecule has 0 saturated carbocycles. The van der Waals surface area contributed by atoms with Crippen LogP contribution in [0.5, 0.6) is 0 Å². The third-order valence-electron chi connectivity index (χ3n) is 4.86. The molecule has 0 aliphatic carbocycles. The van der Waals surface area contributed by atoms with Crippen molar-refractivity contribution in [1.82, 2.24) is 20.0 Å². The molecule has 3 rings (SSSR count). The quantitative estimate of drug-likeness (QED) is 0.546. The van der Waals surface area contributed by atoms with Crippen LogP contribution in [-0.4, -0.2) is 60.0 Å². The van der Waals surface area contributed by atoms with Gasteiger partial charge in [0.1, 0.15) is 6.10 Å². The molecule has 2 unspecified atom stereocenters. The van der Waals surface area contributed by atoms with Gasteiger partial charge in [-0.2, -0.15) is 5.10 Å². The van der Waals surface area contributed by atoms with E-state index in [1.54, 1.807) is 0 Å². The van der Waals surface area contributed by atoms with Gasteiger partial charge in [-0.25, -0.2) is 0 Å². The molecule has 0 spiro atoms. The maximum Gasteiger partial charge on any atom is 0.194 e. The lowest BCUT2D eigenvalue weighted by Gasteiger charge is -2.35. The van der Waals surface area contributed by atoms with Gasteiger partial charge in [0.15, 0.2) is 5.96 Å². The van der Waals surface area contributed by atoms with Crippen molar-refractivity contribution in [3.8, 4) is 0 Å². The molecule has 1 aromatic carbocycles. The van der Waals surface area contributed by atoms with Crippen LogP contribution in [0.15, 0.2) is 47.7 Å². The van der Waals surface area contributed by atoms with Crippen LogP contribution in [0.1, 0.15) is 31.1 Å². The summed E-state index contributed by atoms with van der Waals surface area (Å²) in [4.78, 5) is 7.15. The first-order valence-electron chi connectivity index (χ1n) is 10.4. The van der Waals surface area contributed by atoms with Gasteiger partial charge in [0, 0.05) is 38.4 Å². The summed E-state index contributed by atoms with van der Waals surface area (Å²) in [5.74, 6) is 1.29. The van der Waals surface area contributed by atoms with Crippen molar-refractivity contribution < 1.29 is 9.47 Å². The maximum atomic E-state index is 5.96. The highest BCUT2D eigenvalue weighted by molar-refractivity contribution is 5.80. The van der Waals surface area contributed by atoms with Gasteiger partial charge in [0.2, 0.25) is 0 Å². The van der Waals surface area contributed by atoms with Gasteiger partial charge in [-0.1, -0.05) is 37.3 Å². The van der Waals surface area contributed by atoms with Crippen LogP contribution >= 0.6 is 0 Å². The number of hydrogen-bond donors (Lipinski definition) is 1. The fourth-order valence-electron chi connectivity index (χ4n) is 3.32. The van der Waals surface area contributed by atoms with Gasteiger partial charge >= 0.3 is 0 Å². The van der Waals surface area contributed by atoms with Crippen molar-refractivity contribution in [3.05, 3.63) is 53.9 Å². The largest absolute Gasteiger partial charge is 0.376 e. The van der Waals surface area contributed by atoms with Crippen LogP contribution in [0.2, 0.25) is 0 Å². The lowest BCUT2D eigenvalue weighted by atomic mass is 10.1.